The standard InChI is InChI=1S/C17H24N4O/c1-12-16(13(2)21(5)19-12)10-11-17(22)18-14-6-8-15(9-7-14)20(3)4/h6-9H,10-11H2,1-5H3,(H,18,22). The molecule has 0 saturated heterocycles. The Morgan fingerprint density at radius 3 is 2.36 bits per heavy atom. The van der Waals surface area contributed by atoms with Crippen molar-refractivity contribution in [3.05, 3.63) is 41.2 Å². The summed E-state index contributed by atoms with van der Waals surface area (Å²) in [6.07, 6.45) is 1.18. The van der Waals surface area contributed by atoms with Crippen LogP contribution in [-0.4, -0.2) is 29.8 Å². The maximum absolute atomic E-state index is 12.1. The van der Waals surface area contributed by atoms with Crippen molar-refractivity contribution >= 4 is 17.3 Å². The molecule has 0 spiro atoms. The molecule has 0 saturated carbocycles. The van der Waals surface area contributed by atoms with Crippen molar-refractivity contribution in [2.75, 3.05) is 24.3 Å². The second kappa shape index (κ2) is 6.64. The Morgan fingerprint density at radius 1 is 1.23 bits per heavy atom. The molecule has 0 atom stereocenters. The number of nitrogens with zero attached hydrogens (tertiary/aromatic N) is 3. The van der Waals surface area contributed by atoms with Gasteiger partial charge in [0.2, 0.25) is 5.91 Å². The highest BCUT2D eigenvalue weighted by atomic mass is 16.1. The van der Waals surface area contributed by atoms with E-state index in [1.54, 1.807) is 0 Å². The third-order valence-electron chi connectivity index (χ3n) is 3.93. The summed E-state index contributed by atoms with van der Waals surface area (Å²) in [5.41, 5.74) is 5.24. The Balaban J connectivity index is 1.93. The highest BCUT2D eigenvalue weighted by Gasteiger charge is 2.11. The van der Waals surface area contributed by atoms with Crippen molar-refractivity contribution < 1.29 is 4.79 Å². The molecule has 5 heteroatoms. The number of carbonyl (C=O) groups excluding carboxylic acids is 1. The van der Waals surface area contributed by atoms with Gasteiger partial charge in [-0.2, -0.15) is 5.10 Å². The van der Waals surface area contributed by atoms with E-state index in [2.05, 4.69) is 10.4 Å². The zero-order valence-corrected chi connectivity index (χ0v) is 14.0. The SMILES string of the molecule is Cc1nn(C)c(C)c1CCC(=O)Nc1ccc(N(C)C)cc1. The zero-order valence-electron chi connectivity index (χ0n) is 14.0. The van der Waals surface area contributed by atoms with Gasteiger partial charge in [-0.3, -0.25) is 9.48 Å². The molecular weight excluding hydrogens is 276 g/mol. The van der Waals surface area contributed by atoms with Gasteiger partial charge in [-0.1, -0.05) is 0 Å². The van der Waals surface area contributed by atoms with Crippen LogP contribution in [0.4, 0.5) is 11.4 Å². The molecule has 1 N–H and O–H groups in total. The number of benzene rings is 1. The van der Waals surface area contributed by atoms with Crippen LogP contribution >= 0.6 is 0 Å². The first-order valence-corrected chi connectivity index (χ1v) is 7.45. The Kier molecular flexibility index (Phi) is 4.85. The van der Waals surface area contributed by atoms with Crippen molar-refractivity contribution in [1.82, 2.24) is 9.78 Å². The van der Waals surface area contributed by atoms with Gasteiger partial charge in [0.25, 0.3) is 0 Å². The maximum atomic E-state index is 12.1. The largest absolute Gasteiger partial charge is 0.378 e. The van der Waals surface area contributed by atoms with Gasteiger partial charge in [-0.25, -0.2) is 0 Å². The van der Waals surface area contributed by atoms with Crippen LogP contribution in [0.3, 0.4) is 0 Å². The molecule has 0 aliphatic rings. The molecule has 1 amide bonds. The third kappa shape index (κ3) is 3.67. The van der Waals surface area contributed by atoms with Crippen molar-refractivity contribution in [1.29, 1.82) is 0 Å². The summed E-state index contributed by atoms with van der Waals surface area (Å²) in [6.45, 7) is 4.02. The van der Waals surface area contributed by atoms with Gasteiger partial charge in [0.05, 0.1) is 5.69 Å². The number of hydrogen-bond donors (Lipinski definition) is 1. The third-order valence-corrected chi connectivity index (χ3v) is 3.93. The number of aromatic nitrogens is 2. The number of amides is 1. The summed E-state index contributed by atoms with van der Waals surface area (Å²) < 4.78 is 1.86. The molecule has 2 rings (SSSR count). The number of anilines is 2. The first-order chi connectivity index (χ1) is 10.4. The molecule has 0 unspecified atom stereocenters. The van der Waals surface area contributed by atoms with Gasteiger partial charge in [0.15, 0.2) is 0 Å². The second-order valence-electron chi connectivity index (χ2n) is 5.76. The average molecular weight is 300 g/mol. The van der Waals surface area contributed by atoms with E-state index < -0.39 is 0 Å². The fraction of sp³-hybridized carbons (Fsp3) is 0.412. The summed E-state index contributed by atoms with van der Waals surface area (Å²) in [4.78, 5) is 14.1. The molecule has 2 aromatic rings. The minimum absolute atomic E-state index is 0.0280. The van der Waals surface area contributed by atoms with Crippen LogP contribution < -0.4 is 10.2 Å². The predicted octanol–water partition coefficient (Wildman–Crippen LogP) is 2.67. The van der Waals surface area contributed by atoms with E-state index in [4.69, 9.17) is 0 Å². The lowest BCUT2D eigenvalue weighted by atomic mass is 10.1. The molecule has 1 aromatic heterocycles. The minimum Gasteiger partial charge on any atom is -0.378 e. The van der Waals surface area contributed by atoms with Crippen molar-refractivity contribution in [2.45, 2.75) is 26.7 Å². The van der Waals surface area contributed by atoms with Crippen LogP contribution in [0.2, 0.25) is 0 Å². The van der Waals surface area contributed by atoms with Gasteiger partial charge >= 0.3 is 0 Å². The quantitative estimate of drug-likeness (QED) is 0.923. The van der Waals surface area contributed by atoms with Crippen molar-refractivity contribution in [3.8, 4) is 0 Å². The van der Waals surface area contributed by atoms with Crippen LogP contribution in [0.15, 0.2) is 24.3 Å². The number of aryl methyl sites for hydroxylation is 2. The predicted molar refractivity (Wildman–Crippen MR) is 90.4 cm³/mol. The first kappa shape index (κ1) is 16.1. The lowest BCUT2D eigenvalue weighted by Crippen LogP contribution is -2.13. The van der Waals surface area contributed by atoms with Gasteiger partial charge < -0.3 is 10.2 Å². The van der Waals surface area contributed by atoms with E-state index in [9.17, 15) is 4.79 Å². The topological polar surface area (TPSA) is 50.2 Å². The van der Waals surface area contributed by atoms with Gasteiger partial charge in [0, 0.05) is 44.6 Å². The van der Waals surface area contributed by atoms with Crippen LogP contribution in [0.1, 0.15) is 23.4 Å². The Bertz CT molecular complexity index is 656. The Morgan fingerprint density at radius 2 is 1.86 bits per heavy atom. The Hall–Kier alpha value is -2.30. The summed E-state index contributed by atoms with van der Waals surface area (Å²) in [5.74, 6) is 0.0280. The summed E-state index contributed by atoms with van der Waals surface area (Å²) in [6, 6.07) is 7.83. The number of nitrogens with one attached hydrogen (secondary N) is 1. The molecule has 1 aromatic carbocycles. The van der Waals surface area contributed by atoms with Crippen LogP contribution in [0.5, 0.6) is 0 Å². The van der Waals surface area contributed by atoms with E-state index >= 15 is 0 Å². The minimum atomic E-state index is 0.0280. The fourth-order valence-electron chi connectivity index (χ4n) is 2.48. The molecule has 0 bridgehead atoms. The molecule has 118 valence electrons. The van der Waals surface area contributed by atoms with Gasteiger partial charge in [-0.05, 0) is 50.1 Å². The maximum Gasteiger partial charge on any atom is 0.224 e. The summed E-state index contributed by atoms with van der Waals surface area (Å²) >= 11 is 0. The van der Waals surface area contributed by atoms with Crippen LogP contribution in [-0.2, 0) is 18.3 Å². The van der Waals surface area contributed by atoms with Crippen molar-refractivity contribution in [3.63, 3.8) is 0 Å². The second-order valence-corrected chi connectivity index (χ2v) is 5.76. The first-order valence-electron chi connectivity index (χ1n) is 7.45. The lowest BCUT2D eigenvalue weighted by molar-refractivity contribution is -0.116. The molecule has 0 aliphatic carbocycles. The molecule has 1 heterocycles. The number of carbonyl (C=O) groups is 1. The fourth-order valence-corrected chi connectivity index (χ4v) is 2.48. The highest BCUT2D eigenvalue weighted by molar-refractivity contribution is 5.91. The normalized spacial score (nSPS) is 10.6. The van der Waals surface area contributed by atoms with Crippen LogP contribution in [0.25, 0.3) is 0 Å². The highest BCUT2D eigenvalue weighted by Crippen LogP contribution is 2.17. The zero-order chi connectivity index (χ0) is 16.3. The monoisotopic (exact) mass is 300 g/mol. The summed E-state index contributed by atoms with van der Waals surface area (Å²) in [5, 5.41) is 7.32. The molecule has 0 aliphatic heterocycles. The average Bonchev–Trinajstić information content (AvgIpc) is 2.70. The van der Waals surface area contributed by atoms with E-state index in [0.29, 0.717) is 12.8 Å². The van der Waals surface area contributed by atoms with E-state index in [0.717, 1.165) is 22.8 Å². The molecule has 22 heavy (non-hydrogen) atoms. The molecular formula is C17H24N4O. The van der Waals surface area contributed by atoms with Crippen molar-refractivity contribution in [2.24, 2.45) is 7.05 Å². The van der Waals surface area contributed by atoms with Gasteiger partial charge in [0.1, 0.15) is 0 Å². The molecule has 0 radical (unpaired) electrons. The Labute approximate surface area is 131 Å². The van der Waals surface area contributed by atoms with Crippen LogP contribution in [0, 0.1) is 13.8 Å². The van der Waals surface area contributed by atoms with E-state index in [1.807, 2.05) is 68.8 Å². The number of hydrogen-bond acceptors (Lipinski definition) is 3. The number of rotatable bonds is 5. The van der Waals surface area contributed by atoms with Gasteiger partial charge in [-0.15, -0.1) is 0 Å². The molecule has 5 nitrogen and oxygen atoms in total. The van der Waals surface area contributed by atoms with E-state index in [1.165, 1.54) is 5.56 Å². The lowest BCUT2D eigenvalue weighted by Gasteiger charge is -2.13. The summed E-state index contributed by atoms with van der Waals surface area (Å²) in [7, 11) is 5.91. The molecule has 0 fully saturated rings. The van der Waals surface area contributed by atoms with E-state index in [-0.39, 0.29) is 5.91 Å². The smallest absolute Gasteiger partial charge is 0.224 e.